The molecule has 2 fully saturated rings. The number of ether oxygens (including phenoxy) is 3. The largest absolute Gasteiger partial charge is 0.573 e. The van der Waals surface area contributed by atoms with Crippen LogP contribution < -0.4 is 14.8 Å². The van der Waals surface area contributed by atoms with Crippen LogP contribution in [0.5, 0.6) is 11.5 Å². The SMILES string of the molecule is COc1ccc(C(C)N2C[C@@]34C=C[C@H](O3)C(C(=O)Nc3ccc(OC(F)(F)F)cc3)C4C2=O)cc1. The monoisotopic (exact) mass is 488 g/mol. The first-order chi connectivity index (χ1) is 16.6. The molecule has 3 heterocycles. The lowest BCUT2D eigenvalue weighted by Gasteiger charge is -2.28. The van der Waals surface area contributed by atoms with Crippen LogP contribution in [0.3, 0.4) is 0 Å². The molecule has 5 rings (SSSR count). The number of rotatable bonds is 6. The predicted molar refractivity (Wildman–Crippen MR) is 119 cm³/mol. The Morgan fingerprint density at radius 3 is 2.43 bits per heavy atom. The molecule has 0 aliphatic carbocycles. The fourth-order valence-corrected chi connectivity index (χ4v) is 5.18. The number of hydrogen-bond donors (Lipinski definition) is 1. The minimum Gasteiger partial charge on any atom is -0.497 e. The summed E-state index contributed by atoms with van der Waals surface area (Å²) in [6.45, 7) is 2.25. The van der Waals surface area contributed by atoms with Crippen LogP contribution in [-0.2, 0) is 14.3 Å². The molecule has 2 bridgehead atoms. The van der Waals surface area contributed by atoms with Crippen LogP contribution in [-0.4, -0.2) is 48.4 Å². The van der Waals surface area contributed by atoms with Crippen LogP contribution >= 0.6 is 0 Å². The number of likely N-dealkylation sites (tertiary alicyclic amines) is 1. The van der Waals surface area contributed by atoms with Crippen LogP contribution in [0, 0.1) is 11.8 Å². The molecule has 2 saturated heterocycles. The zero-order valence-corrected chi connectivity index (χ0v) is 18.9. The number of alkyl halides is 3. The Morgan fingerprint density at radius 2 is 1.80 bits per heavy atom. The van der Waals surface area contributed by atoms with Gasteiger partial charge in [0.25, 0.3) is 0 Å². The number of nitrogens with one attached hydrogen (secondary N) is 1. The lowest BCUT2D eigenvalue weighted by molar-refractivity contribution is -0.274. The van der Waals surface area contributed by atoms with E-state index >= 15 is 0 Å². The molecular weight excluding hydrogens is 465 g/mol. The van der Waals surface area contributed by atoms with Crippen LogP contribution in [0.25, 0.3) is 0 Å². The van der Waals surface area contributed by atoms with E-state index in [1.54, 1.807) is 18.1 Å². The van der Waals surface area contributed by atoms with Gasteiger partial charge in [-0.3, -0.25) is 9.59 Å². The second-order valence-corrected chi connectivity index (χ2v) is 8.88. The Morgan fingerprint density at radius 1 is 1.14 bits per heavy atom. The normalized spacial score (nSPS) is 27.6. The minimum absolute atomic E-state index is 0.172. The molecule has 1 spiro atoms. The topological polar surface area (TPSA) is 77.1 Å². The second kappa shape index (κ2) is 8.30. The Kier molecular flexibility index (Phi) is 5.51. The fraction of sp³-hybridized carbons (Fsp3) is 0.360. The number of anilines is 1. The van der Waals surface area contributed by atoms with Gasteiger partial charge in [-0.05, 0) is 48.9 Å². The Hall–Kier alpha value is -3.53. The average molecular weight is 488 g/mol. The molecule has 3 aliphatic heterocycles. The highest BCUT2D eigenvalue weighted by Crippen LogP contribution is 2.53. The standard InChI is InChI=1S/C25H23F3N2O5/c1-14(15-3-7-17(33-2)8-4-15)30-13-24-12-11-19(35-24)20(21(24)23(30)32)22(31)29-16-5-9-18(10-6-16)34-25(26,27)28/h3-12,14,19-21H,13H2,1-2H3,(H,29,31)/t14?,19-,20?,21?,24+/m0/s1. The molecule has 0 saturated carbocycles. The summed E-state index contributed by atoms with van der Waals surface area (Å²) in [7, 11) is 1.58. The molecule has 0 aromatic heterocycles. The molecule has 3 aliphatic rings. The van der Waals surface area contributed by atoms with Gasteiger partial charge in [0, 0.05) is 5.69 Å². The Balaban J connectivity index is 1.32. The van der Waals surface area contributed by atoms with Crippen molar-refractivity contribution in [2.24, 2.45) is 11.8 Å². The van der Waals surface area contributed by atoms with E-state index in [0.717, 1.165) is 17.7 Å². The van der Waals surface area contributed by atoms with Crippen LogP contribution in [0.1, 0.15) is 18.5 Å². The van der Waals surface area contributed by atoms with Gasteiger partial charge in [-0.1, -0.05) is 24.3 Å². The molecule has 10 heteroatoms. The Labute approximate surface area is 199 Å². The number of amides is 2. The van der Waals surface area contributed by atoms with E-state index in [1.165, 1.54) is 12.1 Å². The maximum absolute atomic E-state index is 13.5. The fourth-order valence-electron chi connectivity index (χ4n) is 5.18. The van der Waals surface area contributed by atoms with Gasteiger partial charge in [0.1, 0.15) is 17.1 Å². The van der Waals surface area contributed by atoms with Crippen LogP contribution in [0.15, 0.2) is 60.7 Å². The van der Waals surface area contributed by atoms with Gasteiger partial charge in [0.2, 0.25) is 11.8 Å². The molecule has 7 nitrogen and oxygen atoms in total. The van der Waals surface area contributed by atoms with E-state index in [2.05, 4.69) is 10.1 Å². The summed E-state index contributed by atoms with van der Waals surface area (Å²) in [6.07, 6.45) is -1.68. The predicted octanol–water partition coefficient (Wildman–Crippen LogP) is 4.08. The zero-order valence-electron chi connectivity index (χ0n) is 18.9. The van der Waals surface area contributed by atoms with Crippen molar-refractivity contribution in [3.05, 3.63) is 66.2 Å². The highest BCUT2D eigenvalue weighted by Gasteiger charge is 2.67. The second-order valence-electron chi connectivity index (χ2n) is 8.88. The molecule has 0 radical (unpaired) electrons. The first kappa shape index (κ1) is 23.2. The molecule has 2 amide bonds. The van der Waals surface area contributed by atoms with Gasteiger partial charge in [-0.2, -0.15) is 0 Å². The van der Waals surface area contributed by atoms with E-state index in [-0.39, 0.29) is 11.9 Å². The highest BCUT2D eigenvalue weighted by atomic mass is 19.4. The van der Waals surface area contributed by atoms with Gasteiger partial charge >= 0.3 is 6.36 Å². The molecule has 5 atom stereocenters. The summed E-state index contributed by atoms with van der Waals surface area (Å²) in [5.41, 5.74) is 0.338. The van der Waals surface area contributed by atoms with Gasteiger partial charge in [-0.25, -0.2) is 0 Å². The number of halogens is 3. The first-order valence-electron chi connectivity index (χ1n) is 11.1. The average Bonchev–Trinajstić information content (AvgIpc) is 3.47. The molecule has 3 unspecified atom stereocenters. The minimum atomic E-state index is -4.80. The third-order valence-corrected chi connectivity index (χ3v) is 6.85. The molecule has 1 N–H and O–H groups in total. The van der Waals surface area contributed by atoms with Crippen molar-refractivity contribution >= 4 is 17.5 Å². The summed E-state index contributed by atoms with van der Waals surface area (Å²) in [5.74, 6) is -1.73. The quantitative estimate of drug-likeness (QED) is 0.621. The third kappa shape index (κ3) is 4.12. The number of carbonyl (C=O) groups excluding carboxylic acids is 2. The summed E-state index contributed by atoms with van der Waals surface area (Å²) < 4.78 is 52.4. The maximum Gasteiger partial charge on any atom is 0.573 e. The molecule has 2 aromatic carbocycles. The first-order valence-corrected chi connectivity index (χ1v) is 11.1. The number of carbonyl (C=O) groups is 2. The zero-order chi connectivity index (χ0) is 25.0. The Bertz CT molecular complexity index is 1170. The molecule has 2 aromatic rings. The lowest BCUT2D eigenvalue weighted by Crippen LogP contribution is -2.41. The van der Waals surface area contributed by atoms with Crippen molar-refractivity contribution in [2.45, 2.75) is 31.0 Å². The number of nitrogens with zero attached hydrogens (tertiary/aromatic N) is 1. The van der Waals surface area contributed by atoms with Crippen molar-refractivity contribution in [1.29, 1.82) is 0 Å². The number of hydrogen-bond acceptors (Lipinski definition) is 5. The van der Waals surface area contributed by atoms with Gasteiger partial charge in [0.15, 0.2) is 0 Å². The number of methoxy groups -OCH3 is 1. The maximum atomic E-state index is 13.5. The van der Waals surface area contributed by atoms with Crippen molar-refractivity contribution in [3.8, 4) is 11.5 Å². The van der Waals surface area contributed by atoms with E-state index in [4.69, 9.17) is 9.47 Å². The van der Waals surface area contributed by atoms with Gasteiger partial charge in [-0.15, -0.1) is 13.2 Å². The molecule has 184 valence electrons. The highest BCUT2D eigenvalue weighted by molar-refractivity contribution is 5.99. The van der Waals surface area contributed by atoms with Gasteiger partial charge in [0.05, 0.1) is 37.6 Å². The van der Waals surface area contributed by atoms with E-state index in [1.807, 2.05) is 37.3 Å². The summed E-state index contributed by atoms with van der Waals surface area (Å²) >= 11 is 0. The summed E-state index contributed by atoms with van der Waals surface area (Å²) in [4.78, 5) is 28.5. The third-order valence-electron chi connectivity index (χ3n) is 6.85. The smallest absolute Gasteiger partial charge is 0.497 e. The van der Waals surface area contributed by atoms with Crippen LogP contribution in [0.2, 0.25) is 0 Å². The number of benzene rings is 2. The van der Waals surface area contributed by atoms with E-state index < -0.39 is 41.6 Å². The summed E-state index contributed by atoms with van der Waals surface area (Å²) in [5, 5.41) is 2.70. The summed E-state index contributed by atoms with van der Waals surface area (Å²) in [6, 6.07) is 12.1. The van der Waals surface area contributed by atoms with E-state index in [9.17, 15) is 22.8 Å². The van der Waals surface area contributed by atoms with Gasteiger partial charge < -0.3 is 24.4 Å². The molecular formula is C25H23F3N2O5. The van der Waals surface area contributed by atoms with E-state index in [0.29, 0.717) is 18.0 Å². The van der Waals surface area contributed by atoms with Crippen molar-refractivity contribution in [1.82, 2.24) is 4.90 Å². The van der Waals surface area contributed by atoms with Crippen molar-refractivity contribution in [2.75, 3.05) is 19.0 Å². The van der Waals surface area contributed by atoms with Crippen molar-refractivity contribution < 1.29 is 37.0 Å². The number of fused-ring (bicyclic) bond motifs is 1. The van der Waals surface area contributed by atoms with Crippen LogP contribution in [0.4, 0.5) is 18.9 Å². The van der Waals surface area contributed by atoms with Crippen molar-refractivity contribution in [3.63, 3.8) is 0 Å². The molecule has 35 heavy (non-hydrogen) atoms. The lowest BCUT2D eigenvalue weighted by atomic mass is 9.76.